The Labute approximate surface area is 207 Å². The van der Waals surface area contributed by atoms with E-state index in [2.05, 4.69) is 39.8 Å². The van der Waals surface area contributed by atoms with E-state index in [0.717, 1.165) is 81.4 Å². The molecule has 0 atom stereocenters. The van der Waals surface area contributed by atoms with Crippen molar-refractivity contribution in [3.63, 3.8) is 0 Å². The normalized spacial score (nSPS) is 15.1. The van der Waals surface area contributed by atoms with Crippen LogP contribution in [0.15, 0.2) is 18.2 Å². The molecule has 34 heavy (non-hydrogen) atoms. The first-order chi connectivity index (χ1) is 16.1. The summed E-state index contributed by atoms with van der Waals surface area (Å²) in [5.41, 5.74) is 3.80. The Balaban J connectivity index is 2.03. The van der Waals surface area contributed by atoms with Crippen LogP contribution in [0.25, 0.3) is 6.08 Å². The molecule has 5 heteroatoms. The molecule has 190 valence electrons. The summed E-state index contributed by atoms with van der Waals surface area (Å²) in [5, 5.41) is 0. The Morgan fingerprint density at radius 3 is 2.03 bits per heavy atom. The highest BCUT2D eigenvalue weighted by atomic mass is 16.6. The number of amides is 2. The van der Waals surface area contributed by atoms with Crippen LogP contribution in [0.4, 0.5) is 4.79 Å². The zero-order valence-corrected chi connectivity index (χ0v) is 22.6. The maximum Gasteiger partial charge on any atom is 0.410 e. The Hall–Kier alpha value is -2.30. The number of hydrogen-bond donors (Lipinski definition) is 0. The van der Waals surface area contributed by atoms with E-state index >= 15 is 0 Å². The Morgan fingerprint density at radius 2 is 1.56 bits per heavy atom. The summed E-state index contributed by atoms with van der Waals surface area (Å²) < 4.78 is 5.50. The Kier molecular flexibility index (Phi) is 10.7. The van der Waals surface area contributed by atoms with Crippen LogP contribution in [0.3, 0.4) is 0 Å². The first-order valence-electron chi connectivity index (χ1n) is 13.1. The van der Waals surface area contributed by atoms with Crippen LogP contribution in [0.1, 0.15) is 100 Å². The molecule has 0 N–H and O–H groups in total. The first-order valence-corrected chi connectivity index (χ1v) is 13.1. The van der Waals surface area contributed by atoms with Crippen molar-refractivity contribution in [1.29, 1.82) is 0 Å². The van der Waals surface area contributed by atoms with E-state index in [0.29, 0.717) is 5.92 Å². The fraction of sp³-hybridized carbons (Fsp3) is 0.655. The van der Waals surface area contributed by atoms with Gasteiger partial charge in [0.2, 0.25) is 0 Å². The molecule has 0 radical (unpaired) electrons. The Bertz CT molecular complexity index is 814. The van der Waals surface area contributed by atoms with Crippen molar-refractivity contribution in [2.75, 3.05) is 26.2 Å². The summed E-state index contributed by atoms with van der Waals surface area (Å²) in [7, 11) is 0. The molecule has 1 fully saturated rings. The second-order valence-electron chi connectivity index (χ2n) is 10.7. The summed E-state index contributed by atoms with van der Waals surface area (Å²) in [6, 6.07) is 4.09. The standard InChI is InChI=1S/C29H46N2O3/c1-8-10-16-30(17-11-9-2)27(32)25-20-22(3)26(23(4)21-25)13-12-24-14-18-31(19-15-24)28(33)34-29(5,6)7/h12-13,20-21,24H,8-11,14-19H2,1-7H3/b13-12+. The third kappa shape index (κ3) is 8.48. The van der Waals surface area contributed by atoms with Gasteiger partial charge in [-0.05, 0) is 95.0 Å². The molecular weight excluding hydrogens is 424 g/mol. The third-order valence-electron chi connectivity index (χ3n) is 6.42. The average Bonchev–Trinajstić information content (AvgIpc) is 2.77. The molecule has 1 aromatic carbocycles. The average molecular weight is 471 g/mol. The molecular formula is C29H46N2O3. The van der Waals surface area contributed by atoms with Gasteiger partial charge in [-0.1, -0.05) is 38.8 Å². The van der Waals surface area contributed by atoms with Crippen molar-refractivity contribution in [2.45, 2.75) is 92.6 Å². The van der Waals surface area contributed by atoms with Crippen LogP contribution >= 0.6 is 0 Å². The number of nitrogens with zero attached hydrogens (tertiary/aromatic N) is 2. The van der Waals surface area contributed by atoms with Crippen molar-refractivity contribution in [2.24, 2.45) is 5.92 Å². The van der Waals surface area contributed by atoms with E-state index in [1.54, 1.807) is 0 Å². The summed E-state index contributed by atoms with van der Waals surface area (Å²) >= 11 is 0. The molecule has 0 aromatic heterocycles. The van der Waals surface area contributed by atoms with Crippen molar-refractivity contribution in [1.82, 2.24) is 9.80 Å². The van der Waals surface area contributed by atoms with E-state index in [9.17, 15) is 9.59 Å². The molecule has 0 aliphatic carbocycles. The van der Waals surface area contributed by atoms with Gasteiger partial charge in [0, 0.05) is 31.7 Å². The fourth-order valence-electron chi connectivity index (χ4n) is 4.39. The number of piperidine rings is 1. The van der Waals surface area contributed by atoms with Crippen molar-refractivity contribution in [3.8, 4) is 0 Å². The number of rotatable bonds is 9. The van der Waals surface area contributed by atoms with Gasteiger partial charge in [-0.15, -0.1) is 0 Å². The minimum atomic E-state index is -0.459. The smallest absolute Gasteiger partial charge is 0.410 e. The summed E-state index contributed by atoms with van der Waals surface area (Å²) in [6.45, 7) is 17.3. The largest absolute Gasteiger partial charge is 0.444 e. The lowest BCUT2D eigenvalue weighted by molar-refractivity contribution is 0.0197. The van der Waals surface area contributed by atoms with Crippen LogP contribution in [-0.4, -0.2) is 53.6 Å². The van der Waals surface area contributed by atoms with Gasteiger partial charge < -0.3 is 14.5 Å². The lowest BCUT2D eigenvalue weighted by atomic mass is 9.93. The first kappa shape index (κ1) is 27.9. The predicted octanol–water partition coefficient (Wildman–Crippen LogP) is 7.01. The van der Waals surface area contributed by atoms with Crippen LogP contribution < -0.4 is 0 Å². The number of unbranched alkanes of at least 4 members (excludes halogenated alkanes) is 2. The molecule has 2 amide bonds. The number of hydrogen-bond acceptors (Lipinski definition) is 3. The van der Waals surface area contributed by atoms with Crippen LogP contribution in [-0.2, 0) is 4.74 Å². The molecule has 0 spiro atoms. The highest BCUT2D eigenvalue weighted by molar-refractivity contribution is 5.95. The number of carbonyl (C=O) groups is 2. The highest BCUT2D eigenvalue weighted by Gasteiger charge is 2.26. The number of aryl methyl sites for hydroxylation is 2. The van der Waals surface area contributed by atoms with E-state index in [4.69, 9.17) is 4.74 Å². The molecule has 2 rings (SSSR count). The highest BCUT2D eigenvalue weighted by Crippen LogP contribution is 2.25. The molecule has 0 bridgehead atoms. The number of ether oxygens (including phenoxy) is 1. The zero-order valence-electron chi connectivity index (χ0n) is 22.6. The van der Waals surface area contributed by atoms with Gasteiger partial charge in [-0.3, -0.25) is 4.79 Å². The van der Waals surface area contributed by atoms with E-state index in [1.165, 1.54) is 5.56 Å². The maximum atomic E-state index is 13.2. The van der Waals surface area contributed by atoms with Gasteiger partial charge >= 0.3 is 6.09 Å². The predicted molar refractivity (Wildman–Crippen MR) is 141 cm³/mol. The van der Waals surface area contributed by atoms with Gasteiger partial charge in [-0.2, -0.15) is 0 Å². The summed E-state index contributed by atoms with van der Waals surface area (Å²) in [5.74, 6) is 0.593. The van der Waals surface area contributed by atoms with Gasteiger partial charge in [0.25, 0.3) is 5.91 Å². The Morgan fingerprint density at radius 1 is 1.03 bits per heavy atom. The number of allylic oxidation sites excluding steroid dienone is 1. The van der Waals surface area contributed by atoms with Gasteiger partial charge in [0.15, 0.2) is 0 Å². The number of carbonyl (C=O) groups excluding carboxylic acids is 2. The van der Waals surface area contributed by atoms with E-state index in [-0.39, 0.29) is 12.0 Å². The van der Waals surface area contributed by atoms with E-state index in [1.807, 2.05) is 42.7 Å². The molecule has 1 heterocycles. The molecule has 0 saturated carbocycles. The van der Waals surface area contributed by atoms with Crippen molar-refractivity contribution >= 4 is 18.1 Å². The topological polar surface area (TPSA) is 49.9 Å². The SMILES string of the molecule is CCCCN(CCCC)C(=O)c1cc(C)c(/C=C/C2CCN(C(=O)OC(C)(C)C)CC2)c(C)c1. The second kappa shape index (κ2) is 13.0. The zero-order chi connectivity index (χ0) is 25.3. The lowest BCUT2D eigenvalue weighted by Gasteiger charge is -2.32. The summed E-state index contributed by atoms with van der Waals surface area (Å²) in [6.07, 6.45) is 10.4. The molecule has 1 aliphatic rings. The number of likely N-dealkylation sites (tertiary alicyclic amines) is 1. The van der Waals surface area contributed by atoms with E-state index < -0.39 is 5.60 Å². The van der Waals surface area contributed by atoms with Crippen LogP contribution in [0, 0.1) is 19.8 Å². The minimum Gasteiger partial charge on any atom is -0.444 e. The van der Waals surface area contributed by atoms with Crippen molar-refractivity contribution in [3.05, 3.63) is 40.5 Å². The quantitative estimate of drug-likeness (QED) is 0.390. The lowest BCUT2D eigenvalue weighted by Crippen LogP contribution is -2.41. The molecule has 5 nitrogen and oxygen atoms in total. The van der Waals surface area contributed by atoms with Crippen LogP contribution in [0.2, 0.25) is 0 Å². The van der Waals surface area contributed by atoms with Gasteiger partial charge in [0.05, 0.1) is 0 Å². The minimum absolute atomic E-state index is 0.151. The molecule has 1 saturated heterocycles. The van der Waals surface area contributed by atoms with Gasteiger partial charge in [-0.25, -0.2) is 4.79 Å². The maximum absolute atomic E-state index is 13.2. The fourth-order valence-corrected chi connectivity index (χ4v) is 4.39. The molecule has 1 aromatic rings. The van der Waals surface area contributed by atoms with Crippen molar-refractivity contribution < 1.29 is 14.3 Å². The summed E-state index contributed by atoms with van der Waals surface area (Å²) in [4.78, 5) is 29.3. The third-order valence-corrected chi connectivity index (χ3v) is 6.42. The molecule has 0 unspecified atom stereocenters. The monoisotopic (exact) mass is 470 g/mol. The van der Waals surface area contributed by atoms with Gasteiger partial charge in [0.1, 0.15) is 5.60 Å². The molecule has 1 aliphatic heterocycles. The van der Waals surface area contributed by atoms with Crippen LogP contribution in [0.5, 0.6) is 0 Å². The second-order valence-corrected chi connectivity index (χ2v) is 10.7. The number of benzene rings is 1.